The summed E-state index contributed by atoms with van der Waals surface area (Å²) in [5.41, 5.74) is -0.443. The fourth-order valence-electron chi connectivity index (χ4n) is 2.11. The van der Waals surface area contributed by atoms with Crippen LogP contribution in [-0.2, 0) is 4.74 Å². The maximum Gasteiger partial charge on any atom is 0.410 e. The smallest absolute Gasteiger partial charge is 0.410 e. The highest BCUT2D eigenvalue weighted by atomic mass is 16.6. The van der Waals surface area contributed by atoms with Gasteiger partial charge in [-0.1, -0.05) is 0 Å². The van der Waals surface area contributed by atoms with Crippen molar-refractivity contribution in [1.29, 1.82) is 0 Å². The molecule has 0 aliphatic carbocycles. The van der Waals surface area contributed by atoms with Crippen molar-refractivity contribution in [2.24, 2.45) is 5.92 Å². The number of hydrogen-bond donors (Lipinski definition) is 0. The van der Waals surface area contributed by atoms with Gasteiger partial charge in [-0.05, 0) is 39.3 Å². The van der Waals surface area contributed by atoms with E-state index in [1.807, 2.05) is 32.9 Å². The topological polar surface area (TPSA) is 51.7 Å². The number of pyridine rings is 1. The Bertz CT molecular complexity index is 442. The zero-order valence-electron chi connectivity index (χ0n) is 12.3. The fourth-order valence-corrected chi connectivity index (χ4v) is 2.11. The van der Waals surface area contributed by atoms with E-state index in [-0.39, 0.29) is 6.09 Å². The van der Waals surface area contributed by atoms with Gasteiger partial charge in [0.1, 0.15) is 11.4 Å². The van der Waals surface area contributed by atoms with Gasteiger partial charge in [0.05, 0.1) is 12.8 Å². The van der Waals surface area contributed by atoms with Crippen molar-refractivity contribution < 1.29 is 14.3 Å². The maximum absolute atomic E-state index is 11.9. The van der Waals surface area contributed by atoms with Gasteiger partial charge in [-0.15, -0.1) is 0 Å². The molecule has 0 unspecified atom stereocenters. The van der Waals surface area contributed by atoms with Crippen LogP contribution < -0.4 is 4.74 Å². The summed E-state index contributed by atoms with van der Waals surface area (Å²) in [6, 6.07) is 3.73. The number of nitrogens with zero attached hydrogens (tertiary/aromatic N) is 2. The molecule has 2 heterocycles. The van der Waals surface area contributed by atoms with Gasteiger partial charge in [-0.3, -0.25) is 4.98 Å². The molecular weight excluding hydrogens is 256 g/mol. The van der Waals surface area contributed by atoms with Crippen LogP contribution in [0.15, 0.2) is 24.5 Å². The van der Waals surface area contributed by atoms with Crippen LogP contribution in [0.5, 0.6) is 5.75 Å². The molecule has 1 aromatic rings. The summed E-state index contributed by atoms with van der Waals surface area (Å²) < 4.78 is 11.0. The Morgan fingerprint density at radius 2 is 2.30 bits per heavy atom. The molecule has 0 bridgehead atoms. The molecule has 1 aromatic heterocycles. The maximum atomic E-state index is 11.9. The van der Waals surface area contributed by atoms with Crippen LogP contribution in [0.4, 0.5) is 4.79 Å². The Balaban J connectivity index is 1.76. The number of carbonyl (C=O) groups excluding carboxylic acids is 1. The van der Waals surface area contributed by atoms with E-state index in [2.05, 4.69) is 4.98 Å². The molecule has 1 atom stereocenters. The molecule has 0 saturated carbocycles. The van der Waals surface area contributed by atoms with Crippen molar-refractivity contribution in [3.05, 3.63) is 24.5 Å². The molecule has 1 aliphatic heterocycles. The summed E-state index contributed by atoms with van der Waals surface area (Å²) >= 11 is 0. The third-order valence-electron chi connectivity index (χ3n) is 3.06. The highest BCUT2D eigenvalue weighted by molar-refractivity contribution is 5.68. The van der Waals surface area contributed by atoms with Crippen LogP contribution in [0, 0.1) is 5.92 Å². The molecule has 1 aliphatic rings. The second-order valence-electron chi connectivity index (χ2n) is 6.08. The van der Waals surface area contributed by atoms with Crippen molar-refractivity contribution in [3.63, 3.8) is 0 Å². The lowest BCUT2D eigenvalue weighted by Crippen LogP contribution is -2.35. The first kappa shape index (κ1) is 14.6. The number of likely N-dealkylation sites (tertiary alicyclic amines) is 1. The van der Waals surface area contributed by atoms with Crippen LogP contribution in [0.3, 0.4) is 0 Å². The Morgan fingerprint density at radius 3 is 2.95 bits per heavy atom. The van der Waals surface area contributed by atoms with E-state index in [0.29, 0.717) is 19.1 Å². The third-order valence-corrected chi connectivity index (χ3v) is 3.06. The Hall–Kier alpha value is -1.78. The summed E-state index contributed by atoms with van der Waals surface area (Å²) in [7, 11) is 0. The lowest BCUT2D eigenvalue weighted by atomic mass is 10.1. The quantitative estimate of drug-likeness (QED) is 0.853. The van der Waals surface area contributed by atoms with E-state index in [0.717, 1.165) is 18.7 Å². The van der Waals surface area contributed by atoms with Gasteiger partial charge in [-0.25, -0.2) is 4.79 Å². The third kappa shape index (κ3) is 4.40. The highest BCUT2D eigenvalue weighted by Gasteiger charge is 2.30. The van der Waals surface area contributed by atoms with Gasteiger partial charge >= 0.3 is 6.09 Å². The van der Waals surface area contributed by atoms with E-state index in [1.165, 1.54) is 0 Å². The number of ether oxygens (including phenoxy) is 2. The summed E-state index contributed by atoms with van der Waals surface area (Å²) in [6.07, 6.45) is 4.12. The average molecular weight is 278 g/mol. The largest absolute Gasteiger partial charge is 0.492 e. The standard InChI is InChI=1S/C15H22N2O3/c1-15(2,3)20-14(18)17-8-6-12(10-17)11-19-13-5-4-7-16-9-13/h4-5,7,9,12H,6,8,10-11H2,1-3H3/t12-/m1/s1. The molecule has 2 rings (SSSR count). The van der Waals surface area contributed by atoms with Gasteiger partial charge < -0.3 is 14.4 Å². The Labute approximate surface area is 119 Å². The molecule has 0 N–H and O–H groups in total. The number of hydrogen-bond acceptors (Lipinski definition) is 4. The zero-order chi connectivity index (χ0) is 14.6. The molecule has 1 saturated heterocycles. The summed E-state index contributed by atoms with van der Waals surface area (Å²) in [5, 5.41) is 0. The predicted octanol–water partition coefficient (Wildman–Crippen LogP) is 2.72. The van der Waals surface area contributed by atoms with Crippen molar-refractivity contribution in [2.75, 3.05) is 19.7 Å². The van der Waals surface area contributed by atoms with Crippen LogP contribution in [0.25, 0.3) is 0 Å². The minimum Gasteiger partial charge on any atom is -0.492 e. The van der Waals surface area contributed by atoms with Gasteiger partial charge in [0, 0.05) is 25.2 Å². The van der Waals surface area contributed by atoms with Crippen molar-refractivity contribution in [3.8, 4) is 5.75 Å². The summed E-state index contributed by atoms with van der Waals surface area (Å²) in [4.78, 5) is 17.7. The minimum atomic E-state index is -0.443. The van der Waals surface area contributed by atoms with Crippen LogP contribution in [0.1, 0.15) is 27.2 Å². The second-order valence-corrected chi connectivity index (χ2v) is 6.08. The lowest BCUT2D eigenvalue weighted by molar-refractivity contribution is 0.0285. The van der Waals surface area contributed by atoms with Crippen molar-refractivity contribution in [2.45, 2.75) is 32.8 Å². The van der Waals surface area contributed by atoms with Crippen molar-refractivity contribution in [1.82, 2.24) is 9.88 Å². The van der Waals surface area contributed by atoms with Crippen molar-refractivity contribution >= 4 is 6.09 Å². The van der Waals surface area contributed by atoms with Gasteiger partial charge in [0.15, 0.2) is 0 Å². The van der Waals surface area contributed by atoms with E-state index in [1.54, 1.807) is 17.3 Å². The van der Waals surface area contributed by atoms with Gasteiger partial charge in [-0.2, -0.15) is 0 Å². The molecule has 5 heteroatoms. The molecule has 0 aromatic carbocycles. The first-order chi connectivity index (χ1) is 9.44. The van der Waals surface area contributed by atoms with E-state index >= 15 is 0 Å². The zero-order valence-corrected chi connectivity index (χ0v) is 12.3. The van der Waals surface area contributed by atoms with Crippen LogP contribution >= 0.6 is 0 Å². The average Bonchev–Trinajstić information content (AvgIpc) is 2.84. The molecule has 0 radical (unpaired) electrons. The molecule has 20 heavy (non-hydrogen) atoms. The minimum absolute atomic E-state index is 0.235. The van der Waals surface area contributed by atoms with Gasteiger partial charge in [0.2, 0.25) is 0 Å². The molecule has 110 valence electrons. The molecule has 1 amide bonds. The Kier molecular flexibility index (Phi) is 4.47. The number of amides is 1. The molecule has 5 nitrogen and oxygen atoms in total. The predicted molar refractivity (Wildman–Crippen MR) is 75.6 cm³/mol. The number of carbonyl (C=O) groups is 1. The van der Waals surface area contributed by atoms with Crippen LogP contribution in [-0.4, -0.2) is 41.3 Å². The number of aromatic nitrogens is 1. The van der Waals surface area contributed by atoms with Crippen LogP contribution in [0.2, 0.25) is 0 Å². The van der Waals surface area contributed by atoms with E-state index in [4.69, 9.17) is 9.47 Å². The summed E-state index contributed by atoms with van der Waals surface area (Å²) in [5.74, 6) is 1.12. The molecular formula is C15H22N2O3. The van der Waals surface area contributed by atoms with Gasteiger partial charge in [0.25, 0.3) is 0 Å². The van der Waals surface area contributed by atoms with E-state index < -0.39 is 5.60 Å². The summed E-state index contributed by atoms with van der Waals surface area (Å²) in [6.45, 7) is 7.66. The SMILES string of the molecule is CC(C)(C)OC(=O)N1CC[C@@H](COc2cccnc2)C1. The van der Waals surface area contributed by atoms with E-state index in [9.17, 15) is 4.79 Å². The molecule has 0 spiro atoms. The second kappa shape index (κ2) is 6.11. The normalized spacial score (nSPS) is 18.9. The first-order valence-corrected chi connectivity index (χ1v) is 6.95. The monoisotopic (exact) mass is 278 g/mol. The fraction of sp³-hybridized carbons (Fsp3) is 0.600. The lowest BCUT2D eigenvalue weighted by Gasteiger charge is -2.24. The number of rotatable bonds is 3. The molecule has 1 fully saturated rings. The first-order valence-electron chi connectivity index (χ1n) is 6.95. The highest BCUT2D eigenvalue weighted by Crippen LogP contribution is 2.20. The Morgan fingerprint density at radius 1 is 1.50 bits per heavy atom.